The molecule has 20 heavy (non-hydrogen) atoms. The minimum absolute atomic E-state index is 0.0212. The minimum atomic E-state index is -0.857. The van der Waals surface area contributed by atoms with E-state index in [2.05, 4.69) is 4.98 Å². The molecule has 0 unspecified atom stereocenters. The molecule has 0 atom stereocenters. The first-order chi connectivity index (χ1) is 9.65. The van der Waals surface area contributed by atoms with Gasteiger partial charge in [0.05, 0.1) is 28.8 Å². The maximum absolute atomic E-state index is 10.6. The van der Waals surface area contributed by atoms with Gasteiger partial charge < -0.3 is 9.84 Å². The molecular weight excluding hydrogens is 298 g/mol. The number of carboxylic acids is 1. The number of aliphatic carboxylic acids is 1. The lowest BCUT2D eigenvalue weighted by Crippen LogP contribution is -2.01. The molecule has 1 heterocycles. The first-order valence-electron chi connectivity index (χ1n) is 6.17. The summed E-state index contributed by atoms with van der Waals surface area (Å²) in [6.45, 7) is 0.553. The zero-order valence-corrected chi connectivity index (χ0v) is 12.3. The summed E-state index contributed by atoms with van der Waals surface area (Å²) in [6.07, 6.45) is 1.56. The number of para-hydroxylation sites is 1. The van der Waals surface area contributed by atoms with Crippen molar-refractivity contribution in [3.05, 3.63) is 45.4 Å². The molecule has 6 heteroatoms. The number of hydrogen-bond acceptors (Lipinski definition) is 4. The number of ether oxygens (including phenoxy) is 1. The molecule has 0 fully saturated rings. The molecule has 1 aromatic heterocycles. The summed E-state index contributed by atoms with van der Waals surface area (Å²) in [6, 6.07) is 7.35. The van der Waals surface area contributed by atoms with E-state index in [1.54, 1.807) is 11.4 Å². The highest BCUT2D eigenvalue weighted by atomic mass is 35.5. The van der Waals surface area contributed by atoms with Gasteiger partial charge in [-0.15, -0.1) is 11.3 Å². The van der Waals surface area contributed by atoms with Crippen molar-refractivity contribution in [3.8, 4) is 5.75 Å². The first kappa shape index (κ1) is 14.8. The van der Waals surface area contributed by atoms with Gasteiger partial charge in [0.2, 0.25) is 0 Å². The molecule has 1 N–H and O–H groups in total. The van der Waals surface area contributed by atoms with Gasteiger partial charge in [-0.05, 0) is 18.6 Å². The molecule has 0 radical (unpaired) electrons. The standard InChI is InChI=1S/C14H14ClNO3S/c15-11-4-1-2-5-12(11)19-7-3-6-13-16-10(9-20-13)8-14(17)18/h1-2,4-5,9H,3,6-8H2,(H,17,18). The maximum atomic E-state index is 10.6. The molecule has 2 rings (SSSR count). The maximum Gasteiger partial charge on any atom is 0.309 e. The molecule has 0 aliphatic rings. The van der Waals surface area contributed by atoms with E-state index in [-0.39, 0.29) is 6.42 Å². The number of rotatable bonds is 7. The van der Waals surface area contributed by atoms with Crippen LogP contribution in [-0.4, -0.2) is 22.7 Å². The van der Waals surface area contributed by atoms with Gasteiger partial charge in [-0.1, -0.05) is 23.7 Å². The molecule has 2 aromatic rings. The highest BCUT2D eigenvalue weighted by Gasteiger charge is 2.06. The largest absolute Gasteiger partial charge is 0.492 e. The second kappa shape index (κ2) is 7.26. The van der Waals surface area contributed by atoms with E-state index in [0.717, 1.165) is 17.8 Å². The van der Waals surface area contributed by atoms with E-state index < -0.39 is 5.97 Å². The lowest BCUT2D eigenvalue weighted by Gasteiger charge is -2.06. The zero-order chi connectivity index (χ0) is 14.4. The number of nitrogens with zero attached hydrogens (tertiary/aromatic N) is 1. The van der Waals surface area contributed by atoms with Crippen molar-refractivity contribution in [3.63, 3.8) is 0 Å². The zero-order valence-electron chi connectivity index (χ0n) is 10.7. The van der Waals surface area contributed by atoms with E-state index in [4.69, 9.17) is 21.4 Å². The Morgan fingerprint density at radius 2 is 2.20 bits per heavy atom. The fourth-order valence-electron chi connectivity index (χ4n) is 1.67. The van der Waals surface area contributed by atoms with Crippen molar-refractivity contribution in [1.29, 1.82) is 0 Å². The van der Waals surface area contributed by atoms with Crippen LogP contribution in [0.15, 0.2) is 29.6 Å². The molecule has 1 aromatic carbocycles. The van der Waals surface area contributed by atoms with Crippen LogP contribution in [0.2, 0.25) is 5.02 Å². The van der Waals surface area contributed by atoms with Gasteiger partial charge in [-0.3, -0.25) is 4.79 Å². The van der Waals surface area contributed by atoms with Crippen molar-refractivity contribution in [1.82, 2.24) is 4.98 Å². The second-order valence-electron chi connectivity index (χ2n) is 4.19. The average molecular weight is 312 g/mol. The molecule has 106 valence electrons. The molecule has 0 saturated heterocycles. The van der Waals surface area contributed by atoms with E-state index >= 15 is 0 Å². The molecule has 0 spiro atoms. The van der Waals surface area contributed by atoms with Crippen molar-refractivity contribution < 1.29 is 14.6 Å². The van der Waals surface area contributed by atoms with Gasteiger partial charge in [0, 0.05) is 11.8 Å². The van der Waals surface area contributed by atoms with E-state index in [1.807, 2.05) is 18.2 Å². The normalized spacial score (nSPS) is 10.4. The third-order valence-corrected chi connectivity index (χ3v) is 3.83. The van der Waals surface area contributed by atoms with Crippen molar-refractivity contribution in [2.24, 2.45) is 0 Å². The van der Waals surface area contributed by atoms with Gasteiger partial charge in [0.1, 0.15) is 5.75 Å². The quantitative estimate of drug-likeness (QED) is 0.796. The molecular formula is C14H14ClNO3S. The lowest BCUT2D eigenvalue weighted by atomic mass is 10.3. The van der Waals surface area contributed by atoms with Gasteiger partial charge in [-0.25, -0.2) is 4.98 Å². The van der Waals surface area contributed by atoms with E-state index in [0.29, 0.717) is 23.1 Å². The summed E-state index contributed by atoms with van der Waals surface area (Å²) in [7, 11) is 0. The number of benzene rings is 1. The summed E-state index contributed by atoms with van der Waals surface area (Å²) in [5.41, 5.74) is 0.615. The van der Waals surface area contributed by atoms with Crippen LogP contribution >= 0.6 is 22.9 Å². The molecule has 0 saturated carbocycles. The predicted molar refractivity (Wildman–Crippen MR) is 78.7 cm³/mol. The second-order valence-corrected chi connectivity index (χ2v) is 5.54. The summed E-state index contributed by atoms with van der Waals surface area (Å²) >= 11 is 7.47. The molecule has 0 bridgehead atoms. The number of hydrogen-bond donors (Lipinski definition) is 1. The van der Waals surface area contributed by atoms with Crippen molar-refractivity contribution in [2.75, 3.05) is 6.61 Å². The Hall–Kier alpha value is -1.59. The number of thiazole rings is 1. The van der Waals surface area contributed by atoms with E-state index in [1.165, 1.54) is 11.3 Å². The minimum Gasteiger partial charge on any atom is -0.492 e. The van der Waals surface area contributed by atoms with Crippen LogP contribution in [0.1, 0.15) is 17.1 Å². The smallest absolute Gasteiger partial charge is 0.309 e. The highest BCUT2D eigenvalue weighted by Crippen LogP contribution is 2.23. The van der Waals surface area contributed by atoms with E-state index in [9.17, 15) is 4.79 Å². The summed E-state index contributed by atoms with van der Waals surface area (Å²) in [5.74, 6) is -0.177. The molecule has 4 nitrogen and oxygen atoms in total. The Bertz CT molecular complexity index is 585. The Balaban J connectivity index is 1.75. The Morgan fingerprint density at radius 1 is 1.40 bits per heavy atom. The van der Waals surface area contributed by atoms with Crippen LogP contribution in [0.25, 0.3) is 0 Å². The van der Waals surface area contributed by atoms with Crippen LogP contribution in [0.4, 0.5) is 0 Å². The first-order valence-corrected chi connectivity index (χ1v) is 7.43. The highest BCUT2D eigenvalue weighted by molar-refractivity contribution is 7.09. The molecule has 0 aliphatic carbocycles. The fraction of sp³-hybridized carbons (Fsp3) is 0.286. The van der Waals surface area contributed by atoms with Crippen molar-refractivity contribution >= 4 is 28.9 Å². The van der Waals surface area contributed by atoms with Crippen molar-refractivity contribution in [2.45, 2.75) is 19.3 Å². The number of halogens is 1. The Labute approximate surface area is 126 Å². The van der Waals surface area contributed by atoms with Crippen LogP contribution in [0.5, 0.6) is 5.75 Å². The van der Waals surface area contributed by atoms with Gasteiger partial charge in [-0.2, -0.15) is 0 Å². The topological polar surface area (TPSA) is 59.4 Å². The summed E-state index contributed by atoms with van der Waals surface area (Å²) in [5, 5.41) is 12.0. The van der Waals surface area contributed by atoms with Gasteiger partial charge >= 0.3 is 5.97 Å². The molecule has 0 aliphatic heterocycles. The van der Waals surface area contributed by atoms with Crippen LogP contribution in [0, 0.1) is 0 Å². The summed E-state index contributed by atoms with van der Waals surface area (Å²) in [4.78, 5) is 14.8. The third kappa shape index (κ3) is 4.51. The van der Waals surface area contributed by atoms with Crippen LogP contribution in [0.3, 0.4) is 0 Å². The Kier molecular flexibility index (Phi) is 5.38. The summed E-state index contributed by atoms with van der Waals surface area (Å²) < 4.78 is 5.58. The number of aryl methyl sites for hydroxylation is 1. The monoisotopic (exact) mass is 311 g/mol. The third-order valence-electron chi connectivity index (χ3n) is 2.56. The average Bonchev–Trinajstić information content (AvgIpc) is 2.83. The lowest BCUT2D eigenvalue weighted by molar-refractivity contribution is -0.136. The van der Waals surface area contributed by atoms with Crippen LogP contribution in [-0.2, 0) is 17.6 Å². The predicted octanol–water partition coefficient (Wildman–Crippen LogP) is 3.44. The number of aromatic nitrogens is 1. The molecule has 0 amide bonds. The van der Waals surface area contributed by atoms with Gasteiger partial charge in [0.15, 0.2) is 0 Å². The Morgan fingerprint density at radius 3 is 2.95 bits per heavy atom. The SMILES string of the molecule is O=C(O)Cc1csc(CCCOc2ccccc2Cl)n1. The number of carboxylic acid groups (broad SMARTS) is 1. The van der Waals surface area contributed by atoms with Gasteiger partial charge in [0.25, 0.3) is 0 Å². The number of carbonyl (C=O) groups is 1. The fourth-order valence-corrected chi connectivity index (χ4v) is 2.70. The van der Waals surface area contributed by atoms with Crippen LogP contribution < -0.4 is 4.74 Å².